The molecule has 29 heavy (non-hydrogen) atoms. The Kier molecular flexibility index (Phi) is 7.28. The molecule has 3 rings (SSSR count). The maximum Gasteiger partial charge on any atom is 0.228 e. The summed E-state index contributed by atoms with van der Waals surface area (Å²) in [6.07, 6.45) is 2.52. The third-order valence-electron chi connectivity index (χ3n) is 5.11. The Morgan fingerprint density at radius 3 is 2.24 bits per heavy atom. The molecule has 5 nitrogen and oxygen atoms in total. The van der Waals surface area contributed by atoms with E-state index in [0.29, 0.717) is 13.0 Å². The van der Waals surface area contributed by atoms with E-state index in [-0.39, 0.29) is 23.7 Å². The summed E-state index contributed by atoms with van der Waals surface area (Å²) < 4.78 is 5.77. The quantitative estimate of drug-likeness (QED) is 0.646. The zero-order valence-electron chi connectivity index (χ0n) is 17.3. The van der Waals surface area contributed by atoms with Crippen LogP contribution < -0.4 is 10.1 Å². The van der Waals surface area contributed by atoms with Gasteiger partial charge in [0.25, 0.3) is 0 Å². The number of nitrogens with one attached hydrogen (secondary N) is 1. The topological polar surface area (TPSA) is 58.6 Å². The second-order valence-corrected chi connectivity index (χ2v) is 7.56. The number of amides is 2. The Morgan fingerprint density at radius 1 is 0.966 bits per heavy atom. The molecule has 1 aliphatic carbocycles. The van der Waals surface area contributed by atoms with Gasteiger partial charge in [-0.05, 0) is 49.1 Å². The van der Waals surface area contributed by atoms with E-state index in [9.17, 15) is 9.59 Å². The number of benzene rings is 2. The molecule has 1 aliphatic rings. The molecule has 2 atom stereocenters. The van der Waals surface area contributed by atoms with Crippen LogP contribution in [0.2, 0.25) is 0 Å². The van der Waals surface area contributed by atoms with Crippen molar-refractivity contribution < 1.29 is 14.3 Å². The highest BCUT2D eigenvalue weighted by Gasteiger charge is 2.49. The van der Waals surface area contributed by atoms with Crippen molar-refractivity contribution >= 4 is 17.5 Å². The van der Waals surface area contributed by atoms with Gasteiger partial charge in [-0.1, -0.05) is 44.2 Å². The fourth-order valence-electron chi connectivity index (χ4n) is 3.47. The van der Waals surface area contributed by atoms with Gasteiger partial charge in [0.1, 0.15) is 12.4 Å². The lowest BCUT2D eigenvalue weighted by Gasteiger charge is -2.21. The molecule has 5 heteroatoms. The summed E-state index contributed by atoms with van der Waals surface area (Å²) in [4.78, 5) is 27.0. The second-order valence-electron chi connectivity index (χ2n) is 7.56. The van der Waals surface area contributed by atoms with Crippen LogP contribution in [0.1, 0.15) is 38.7 Å². The minimum atomic E-state index is -0.215. The maximum absolute atomic E-state index is 12.6. The van der Waals surface area contributed by atoms with Gasteiger partial charge in [-0.25, -0.2) is 0 Å². The van der Waals surface area contributed by atoms with Crippen molar-refractivity contribution in [3.05, 3.63) is 60.2 Å². The third-order valence-corrected chi connectivity index (χ3v) is 5.11. The van der Waals surface area contributed by atoms with Gasteiger partial charge in [0, 0.05) is 18.8 Å². The molecular weight excluding hydrogens is 364 g/mol. The van der Waals surface area contributed by atoms with E-state index in [4.69, 9.17) is 4.74 Å². The normalized spacial score (nSPS) is 17.4. The lowest BCUT2D eigenvalue weighted by molar-refractivity contribution is -0.134. The SMILES string of the molecule is CCCN(CCC)C(=O)C1CC1C(=O)Nc1ccc(OCc2ccccc2)cc1. The zero-order chi connectivity index (χ0) is 20.6. The molecular formula is C24H30N2O3. The molecule has 0 heterocycles. The summed E-state index contributed by atoms with van der Waals surface area (Å²) in [5.41, 5.74) is 1.83. The molecule has 0 spiro atoms. The Hall–Kier alpha value is -2.82. The molecule has 2 amide bonds. The second kappa shape index (κ2) is 10.1. The van der Waals surface area contributed by atoms with E-state index in [1.165, 1.54) is 0 Å². The molecule has 2 aromatic rings. The Labute approximate surface area is 173 Å². The van der Waals surface area contributed by atoms with Gasteiger partial charge >= 0.3 is 0 Å². The number of anilines is 1. The summed E-state index contributed by atoms with van der Waals surface area (Å²) in [6, 6.07) is 17.3. The largest absolute Gasteiger partial charge is 0.489 e. The van der Waals surface area contributed by atoms with Gasteiger partial charge < -0.3 is 15.0 Å². The fraction of sp³-hybridized carbons (Fsp3) is 0.417. The van der Waals surface area contributed by atoms with E-state index in [1.807, 2.05) is 59.5 Å². The van der Waals surface area contributed by atoms with Crippen LogP contribution in [-0.2, 0) is 16.2 Å². The smallest absolute Gasteiger partial charge is 0.228 e. The molecule has 2 unspecified atom stereocenters. The standard InChI is InChI=1S/C24H30N2O3/c1-3-14-26(15-4-2)24(28)22-16-21(22)23(27)25-19-10-12-20(13-11-19)29-17-18-8-6-5-7-9-18/h5-13,21-22H,3-4,14-17H2,1-2H3,(H,25,27). The molecule has 0 aromatic heterocycles. The van der Waals surface area contributed by atoms with E-state index in [2.05, 4.69) is 19.2 Å². The zero-order valence-corrected chi connectivity index (χ0v) is 17.3. The maximum atomic E-state index is 12.6. The lowest BCUT2D eigenvalue weighted by Crippen LogP contribution is -2.34. The minimum Gasteiger partial charge on any atom is -0.489 e. The fourth-order valence-corrected chi connectivity index (χ4v) is 3.47. The van der Waals surface area contributed by atoms with Gasteiger partial charge in [0.2, 0.25) is 11.8 Å². The summed E-state index contributed by atoms with van der Waals surface area (Å²) in [5, 5.41) is 2.93. The highest BCUT2D eigenvalue weighted by molar-refractivity contribution is 5.99. The predicted molar refractivity (Wildman–Crippen MR) is 115 cm³/mol. The van der Waals surface area contributed by atoms with Crippen LogP contribution in [0.25, 0.3) is 0 Å². The van der Waals surface area contributed by atoms with Crippen molar-refractivity contribution in [2.45, 2.75) is 39.7 Å². The number of hydrogen-bond acceptors (Lipinski definition) is 3. The summed E-state index contributed by atoms with van der Waals surface area (Å²) in [5.74, 6) is 0.420. The highest BCUT2D eigenvalue weighted by Crippen LogP contribution is 2.41. The van der Waals surface area contributed by atoms with Crippen molar-refractivity contribution in [2.75, 3.05) is 18.4 Å². The molecule has 0 saturated heterocycles. The molecule has 1 N–H and O–H groups in total. The highest BCUT2D eigenvalue weighted by atomic mass is 16.5. The van der Waals surface area contributed by atoms with Crippen LogP contribution in [0.15, 0.2) is 54.6 Å². The number of hydrogen-bond donors (Lipinski definition) is 1. The van der Waals surface area contributed by atoms with Crippen LogP contribution in [0.4, 0.5) is 5.69 Å². The lowest BCUT2D eigenvalue weighted by atomic mass is 10.2. The monoisotopic (exact) mass is 394 g/mol. The van der Waals surface area contributed by atoms with Crippen molar-refractivity contribution in [1.82, 2.24) is 4.90 Å². The Bertz CT molecular complexity index is 799. The van der Waals surface area contributed by atoms with Crippen LogP contribution in [0, 0.1) is 11.8 Å². The average molecular weight is 395 g/mol. The number of rotatable bonds is 10. The summed E-state index contributed by atoms with van der Waals surface area (Å²) >= 11 is 0. The number of nitrogens with zero attached hydrogens (tertiary/aromatic N) is 1. The summed E-state index contributed by atoms with van der Waals surface area (Å²) in [7, 11) is 0. The average Bonchev–Trinajstić information content (AvgIpc) is 3.54. The van der Waals surface area contributed by atoms with Crippen LogP contribution in [0.3, 0.4) is 0 Å². The van der Waals surface area contributed by atoms with Crippen molar-refractivity contribution in [2.24, 2.45) is 11.8 Å². The Morgan fingerprint density at radius 2 is 1.62 bits per heavy atom. The third kappa shape index (κ3) is 5.83. The number of carbonyl (C=O) groups is 2. The molecule has 1 saturated carbocycles. The first-order valence-electron chi connectivity index (χ1n) is 10.5. The molecule has 154 valence electrons. The first kappa shape index (κ1) is 20.9. The van der Waals surface area contributed by atoms with E-state index in [0.717, 1.165) is 42.9 Å². The van der Waals surface area contributed by atoms with Crippen molar-refractivity contribution in [3.63, 3.8) is 0 Å². The molecule has 0 radical (unpaired) electrons. The predicted octanol–water partition coefficient (Wildman–Crippen LogP) is 4.49. The molecule has 0 bridgehead atoms. The van der Waals surface area contributed by atoms with E-state index in [1.54, 1.807) is 0 Å². The van der Waals surface area contributed by atoms with Crippen LogP contribution in [0.5, 0.6) is 5.75 Å². The molecule has 1 fully saturated rings. The van der Waals surface area contributed by atoms with Gasteiger partial charge in [-0.2, -0.15) is 0 Å². The van der Waals surface area contributed by atoms with Gasteiger partial charge in [0.15, 0.2) is 0 Å². The Balaban J connectivity index is 1.48. The van der Waals surface area contributed by atoms with E-state index < -0.39 is 0 Å². The van der Waals surface area contributed by atoms with Gasteiger partial charge in [0.05, 0.1) is 11.8 Å². The van der Waals surface area contributed by atoms with Crippen LogP contribution >= 0.6 is 0 Å². The van der Waals surface area contributed by atoms with Crippen LogP contribution in [-0.4, -0.2) is 29.8 Å². The molecule has 0 aliphatic heterocycles. The van der Waals surface area contributed by atoms with Crippen molar-refractivity contribution in [1.29, 1.82) is 0 Å². The van der Waals surface area contributed by atoms with Crippen molar-refractivity contribution in [3.8, 4) is 5.75 Å². The molecule has 2 aromatic carbocycles. The number of carbonyl (C=O) groups excluding carboxylic acids is 2. The van der Waals surface area contributed by atoms with Gasteiger partial charge in [-0.15, -0.1) is 0 Å². The van der Waals surface area contributed by atoms with Gasteiger partial charge in [-0.3, -0.25) is 9.59 Å². The first-order chi connectivity index (χ1) is 14.1. The number of ether oxygens (including phenoxy) is 1. The van der Waals surface area contributed by atoms with E-state index >= 15 is 0 Å². The minimum absolute atomic E-state index is 0.0748. The first-order valence-corrected chi connectivity index (χ1v) is 10.5. The summed E-state index contributed by atoms with van der Waals surface area (Å²) in [6.45, 7) is 6.18.